The van der Waals surface area contributed by atoms with Crippen LogP contribution in [0, 0.1) is 0 Å². The highest BCUT2D eigenvalue weighted by atomic mass is 35.5. The molecule has 0 aliphatic carbocycles. The number of aliphatic carboxylic acids is 1. The number of benzene rings is 2. The lowest BCUT2D eigenvalue weighted by molar-refractivity contribution is -0.141. The number of carbonyl (C=O) groups is 2. The van der Waals surface area contributed by atoms with Crippen LogP contribution in [0.2, 0.25) is 5.02 Å². The van der Waals surface area contributed by atoms with Crippen molar-refractivity contribution in [3.05, 3.63) is 87.7 Å². The zero-order chi connectivity index (χ0) is 20.8. The first kappa shape index (κ1) is 20.3. The first-order valence-corrected chi connectivity index (χ1v) is 9.20. The molecule has 0 unspecified atom stereocenters. The summed E-state index contributed by atoms with van der Waals surface area (Å²) in [5, 5.41) is 16.6. The number of rotatable bonds is 7. The van der Waals surface area contributed by atoms with Crippen LogP contribution in [0.25, 0.3) is 11.3 Å². The Morgan fingerprint density at radius 1 is 1.03 bits per heavy atom. The Labute approximate surface area is 171 Å². The molecule has 0 radical (unpaired) electrons. The fraction of sp³-hybridized carbons (Fsp3) is 0.143. The van der Waals surface area contributed by atoms with Gasteiger partial charge in [-0.2, -0.15) is 5.10 Å². The molecule has 3 rings (SSSR count). The molecule has 0 fully saturated rings. The second kappa shape index (κ2) is 9.16. The minimum atomic E-state index is -1.16. The van der Waals surface area contributed by atoms with Gasteiger partial charge in [-0.3, -0.25) is 9.59 Å². The average Bonchev–Trinajstić information content (AvgIpc) is 2.70. The number of amides is 1. The van der Waals surface area contributed by atoms with Gasteiger partial charge in [0.05, 0.1) is 5.69 Å². The van der Waals surface area contributed by atoms with Crippen molar-refractivity contribution in [3.63, 3.8) is 0 Å². The summed E-state index contributed by atoms with van der Waals surface area (Å²) in [4.78, 5) is 36.0. The molecule has 3 aromatic rings. The first-order valence-electron chi connectivity index (χ1n) is 8.82. The van der Waals surface area contributed by atoms with E-state index in [9.17, 15) is 19.5 Å². The van der Waals surface area contributed by atoms with Crippen LogP contribution in [0.5, 0.6) is 0 Å². The summed E-state index contributed by atoms with van der Waals surface area (Å²) in [6, 6.07) is 17.6. The van der Waals surface area contributed by atoms with Gasteiger partial charge in [0.25, 0.3) is 5.56 Å². The number of hydrogen-bond acceptors (Lipinski definition) is 4. The third-order valence-electron chi connectivity index (χ3n) is 4.22. The predicted octanol–water partition coefficient (Wildman–Crippen LogP) is 2.38. The second-order valence-corrected chi connectivity index (χ2v) is 6.81. The molecule has 148 valence electrons. The highest BCUT2D eigenvalue weighted by Gasteiger charge is 2.21. The maximum absolute atomic E-state index is 12.4. The van der Waals surface area contributed by atoms with Crippen molar-refractivity contribution in [2.75, 3.05) is 0 Å². The third-order valence-corrected chi connectivity index (χ3v) is 4.47. The summed E-state index contributed by atoms with van der Waals surface area (Å²) in [5.41, 5.74) is 1.54. The number of aromatic nitrogens is 2. The molecule has 7 nitrogen and oxygen atoms in total. The quantitative estimate of drug-likeness (QED) is 0.621. The van der Waals surface area contributed by atoms with E-state index in [-0.39, 0.29) is 6.42 Å². The van der Waals surface area contributed by atoms with Gasteiger partial charge in [0.15, 0.2) is 0 Å². The maximum atomic E-state index is 12.4. The largest absolute Gasteiger partial charge is 0.480 e. The average molecular weight is 412 g/mol. The molecule has 0 aliphatic heterocycles. The zero-order valence-corrected chi connectivity index (χ0v) is 16.0. The van der Waals surface area contributed by atoms with Gasteiger partial charge in [0.2, 0.25) is 5.91 Å². The van der Waals surface area contributed by atoms with E-state index in [2.05, 4.69) is 10.4 Å². The summed E-state index contributed by atoms with van der Waals surface area (Å²) in [6.07, 6.45) is 0.134. The highest BCUT2D eigenvalue weighted by molar-refractivity contribution is 6.30. The minimum absolute atomic E-state index is 0.134. The van der Waals surface area contributed by atoms with Gasteiger partial charge in [-0.15, -0.1) is 0 Å². The fourth-order valence-corrected chi connectivity index (χ4v) is 2.89. The molecule has 8 heteroatoms. The molecule has 0 bridgehead atoms. The summed E-state index contributed by atoms with van der Waals surface area (Å²) in [7, 11) is 0. The number of hydrogen-bond donors (Lipinski definition) is 2. The topological polar surface area (TPSA) is 101 Å². The molecule has 0 spiro atoms. The molecular weight excluding hydrogens is 394 g/mol. The summed E-state index contributed by atoms with van der Waals surface area (Å²) >= 11 is 5.88. The van der Waals surface area contributed by atoms with Crippen LogP contribution in [0.15, 0.2) is 71.5 Å². The maximum Gasteiger partial charge on any atom is 0.326 e. The van der Waals surface area contributed by atoms with Crippen molar-refractivity contribution < 1.29 is 14.7 Å². The summed E-state index contributed by atoms with van der Waals surface area (Å²) in [5.74, 6) is -1.77. The van der Waals surface area contributed by atoms with Crippen molar-refractivity contribution in [2.45, 2.75) is 19.0 Å². The molecule has 1 amide bonds. The van der Waals surface area contributed by atoms with E-state index < -0.39 is 30.0 Å². The molecule has 1 atom stereocenters. The van der Waals surface area contributed by atoms with Crippen molar-refractivity contribution in [3.8, 4) is 11.3 Å². The molecule has 1 heterocycles. The second-order valence-electron chi connectivity index (χ2n) is 6.37. The Hall–Kier alpha value is -3.45. The smallest absolute Gasteiger partial charge is 0.326 e. The van der Waals surface area contributed by atoms with Crippen LogP contribution < -0.4 is 10.9 Å². The number of carbonyl (C=O) groups excluding carboxylic acids is 1. The lowest BCUT2D eigenvalue weighted by Gasteiger charge is -2.15. The summed E-state index contributed by atoms with van der Waals surface area (Å²) in [6.45, 7) is -0.390. The molecule has 29 heavy (non-hydrogen) atoms. The van der Waals surface area contributed by atoms with E-state index >= 15 is 0 Å². The molecule has 2 N–H and O–H groups in total. The van der Waals surface area contributed by atoms with Crippen LogP contribution in [-0.2, 0) is 22.6 Å². The molecule has 2 aromatic carbocycles. The first-order chi connectivity index (χ1) is 13.9. The van der Waals surface area contributed by atoms with Crippen LogP contribution in [-0.4, -0.2) is 32.8 Å². The predicted molar refractivity (Wildman–Crippen MR) is 109 cm³/mol. The van der Waals surface area contributed by atoms with Crippen LogP contribution in [0.1, 0.15) is 5.56 Å². The zero-order valence-electron chi connectivity index (χ0n) is 15.3. The van der Waals surface area contributed by atoms with Gasteiger partial charge in [0.1, 0.15) is 12.6 Å². The molecule has 0 aliphatic rings. The lowest BCUT2D eigenvalue weighted by atomic mass is 10.1. The summed E-state index contributed by atoms with van der Waals surface area (Å²) < 4.78 is 1.00. The van der Waals surface area contributed by atoms with Crippen molar-refractivity contribution in [1.82, 2.24) is 15.1 Å². The van der Waals surface area contributed by atoms with E-state index in [1.54, 1.807) is 54.6 Å². The minimum Gasteiger partial charge on any atom is -0.480 e. The number of carboxylic acids is 1. The molecule has 0 saturated carbocycles. The van der Waals surface area contributed by atoms with Gasteiger partial charge >= 0.3 is 5.97 Å². The number of carboxylic acid groups (broad SMARTS) is 1. The number of nitrogens with one attached hydrogen (secondary N) is 1. The van der Waals surface area contributed by atoms with E-state index in [0.717, 1.165) is 15.8 Å². The highest BCUT2D eigenvalue weighted by Crippen LogP contribution is 2.18. The van der Waals surface area contributed by atoms with E-state index in [4.69, 9.17) is 11.6 Å². The van der Waals surface area contributed by atoms with E-state index in [1.807, 2.05) is 6.07 Å². The molecule has 1 aromatic heterocycles. The van der Waals surface area contributed by atoms with Crippen LogP contribution >= 0.6 is 11.6 Å². The third kappa shape index (κ3) is 5.52. The van der Waals surface area contributed by atoms with E-state index in [0.29, 0.717) is 10.7 Å². The van der Waals surface area contributed by atoms with Gasteiger partial charge in [-0.05, 0) is 23.8 Å². The molecule has 0 saturated heterocycles. The lowest BCUT2D eigenvalue weighted by Crippen LogP contribution is -2.44. The number of halogens is 1. The van der Waals surface area contributed by atoms with Gasteiger partial charge in [-0.1, -0.05) is 54.1 Å². The van der Waals surface area contributed by atoms with Crippen molar-refractivity contribution in [1.29, 1.82) is 0 Å². The van der Waals surface area contributed by atoms with Crippen LogP contribution in [0.4, 0.5) is 0 Å². The van der Waals surface area contributed by atoms with Crippen molar-refractivity contribution in [2.24, 2.45) is 0 Å². The fourth-order valence-electron chi connectivity index (χ4n) is 2.76. The monoisotopic (exact) mass is 411 g/mol. The van der Waals surface area contributed by atoms with Gasteiger partial charge in [-0.25, -0.2) is 9.48 Å². The van der Waals surface area contributed by atoms with Gasteiger partial charge in [0, 0.05) is 23.1 Å². The SMILES string of the molecule is O=C(Cn1nc(-c2ccc(Cl)cc2)ccc1=O)N[C@@H](Cc1ccccc1)C(=O)O. The number of nitrogens with zero attached hydrogens (tertiary/aromatic N) is 2. The normalized spacial score (nSPS) is 11.6. The van der Waals surface area contributed by atoms with Crippen LogP contribution in [0.3, 0.4) is 0 Å². The standard InChI is InChI=1S/C21H18ClN3O4/c22-16-8-6-15(7-9-16)17-10-11-20(27)25(24-17)13-19(26)23-18(21(28)29)12-14-4-2-1-3-5-14/h1-11,18H,12-13H2,(H,23,26)(H,28,29)/t18-/m0/s1. The Balaban J connectivity index is 1.73. The Morgan fingerprint density at radius 3 is 2.38 bits per heavy atom. The Kier molecular flexibility index (Phi) is 6.41. The van der Waals surface area contributed by atoms with Crippen molar-refractivity contribution >= 4 is 23.5 Å². The Morgan fingerprint density at radius 2 is 1.72 bits per heavy atom. The van der Waals surface area contributed by atoms with Gasteiger partial charge < -0.3 is 10.4 Å². The van der Waals surface area contributed by atoms with E-state index in [1.165, 1.54) is 6.07 Å². The Bertz CT molecular complexity index is 1070. The molecular formula is C21H18ClN3O4.